The van der Waals surface area contributed by atoms with Crippen molar-refractivity contribution in [2.75, 3.05) is 20.8 Å². The Labute approximate surface area is 164 Å². The van der Waals surface area contributed by atoms with Gasteiger partial charge in [0.2, 0.25) is 5.90 Å². The second-order valence-corrected chi connectivity index (χ2v) is 6.68. The van der Waals surface area contributed by atoms with Gasteiger partial charge in [-0.15, -0.1) is 0 Å². The second kappa shape index (κ2) is 8.61. The Balaban J connectivity index is 1.86. The van der Waals surface area contributed by atoms with Gasteiger partial charge in [-0.2, -0.15) is 0 Å². The fourth-order valence-corrected chi connectivity index (χ4v) is 2.58. The largest absolute Gasteiger partial charge is 0.497 e. The van der Waals surface area contributed by atoms with Crippen molar-refractivity contribution in [3.8, 4) is 17.2 Å². The summed E-state index contributed by atoms with van der Waals surface area (Å²) in [5.41, 5.74) is 1.70. The molecule has 1 aliphatic rings. The number of ether oxygens (including phenoxy) is 4. The quantitative estimate of drug-likeness (QED) is 0.534. The number of benzene rings is 2. The van der Waals surface area contributed by atoms with Crippen LogP contribution in [0.4, 0.5) is 0 Å². The number of hydrogen-bond acceptors (Lipinski definition) is 6. The molecule has 3 rings (SSSR count). The normalized spacial score (nSPS) is 14.8. The van der Waals surface area contributed by atoms with Crippen LogP contribution in [0, 0.1) is 5.92 Å². The SMILES string of the molecule is COc1ccc(C2=N/C(=C\c3ccc(OC)c(OCC(C)C)c3)C(=O)O2)cc1. The summed E-state index contributed by atoms with van der Waals surface area (Å²) < 4.78 is 21.6. The van der Waals surface area contributed by atoms with E-state index in [0.717, 1.165) is 11.3 Å². The van der Waals surface area contributed by atoms with E-state index >= 15 is 0 Å². The number of cyclic esters (lactones) is 1. The average Bonchev–Trinajstić information content (AvgIpc) is 3.07. The molecule has 2 aromatic rings. The first kappa shape index (κ1) is 19.5. The molecule has 28 heavy (non-hydrogen) atoms. The molecule has 2 aromatic carbocycles. The van der Waals surface area contributed by atoms with Gasteiger partial charge >= 0.3 is 5.97 Å². The summed E-state index contributed by atoms with van der Waals surface area (Å²) in [6, 6.07) is 12.6. The molecule has 0 amide bonds. The Morgan fingerprint density at radius 3 is 2.43 bits per heavy atom. The maximum absolute atomic E-state index is 12.2. The van der Waals surface area contributed by atoms with Crippen LogP contribution < -0.4 is 14.2 Å². The molecule has 0 atom stereocenters. The van der Waals surface area contributed by atoms with Crippen molar-refractivity contribution in [1.29, 1.82) is 0 Å². The molecule has 0 fully saturated rings. The van der Waals surface area contributed by atoms with Crippen LogP contribution in [0.1, 0.15) is 25.0 Å². The molecule has 0 N–H and O–H groups in total. The zero-order valence-corrected chi connectivity index (χ0v) is 16.4. The molecule has 0 radical (unpaired) electrons. The van der Waals surface area contributed by atoms with Crippen LogP contribution in [0.2, 0.25) is 0 Å². The van der Waals surface area contributed by atoms with Crippen molar-refractivity contribution < 1.29 is 23.7 Å². The summed E-state index contributed by atoms with van der Waals surface area (Å²) in [6.45, 7) is 4.71. The Kier molecular flexibility index (Phi) is 5.99. The number of carbonyl (C=O) groups excluding carboxylic acids is 1. The molecule has 146 valence electrons. The first-order valence-electron chi connectivity index (χ1n) is 8.98. The Bertz CT molecular complexity index is 913. The lowest BCUT2D eigenvalue weighted by Gasteiger charge is -2.13. The molecule has 1 heterocycles. The fourth-order valence-electron chi connectivity index (χ4n) is 2.58. The van der Waals surface area contributed by atoms with Crippen molar-refractivity contribution in [2.24, 2.45) is 10.9 Å². The van der Waals surface area contributed by atoms with Crippen molar-refractivity contribution in [1.82, 2.24) is 0 Å². The topological polar surface area (TPSA) is 66.3 Å². The van der Waals surface area contributed by atoms with E-state index in [0.29, 0.717) is 29.6 Å². The van der Waals surface area contributed by atoms with Gasteiger partial charge in [-0.1, -0.05) is 19.9 Å². The van der Waals surface area contributed by atoms with E-state index in [9.17, 15) is 4.79 Å². The minimum absolute atomic E-state index is 0.228. The van der Waals surface area contributed by atoms with Crippen LogP contribution >= 0.6 is 0 Å². The third kappa shape index (κ3) is 4.52. The molecule has 0 aromatic heterocycles. The van der Waals surface area contributed by atoms with E-state index in [-0.39, 0.29) is 11.6 Å². The van der Waals surface area contributed by atoms with Crippen molar-refractivity contribution in [3.63, 3.8) is 0 Å². The van der Waals surface area contributed by atoms with Crippen molar-refractivity contribution in [3.05, 3.63) is 59.3 Å². The van der Waals surface area contributed by atoms with Gasteiger partial charge in [-0.3, -0.25) is 0 Å². The highest BCUT2D eigenvalue weighted by Crippen LogP contribution is 2.30. The number of nitrogens with zero attached hydrogens (tertiary/aromatic N) is 1. The third-order valence-corrected chi connectivity index (χ3v) is 4.02. The Morgan fingerprint density at radius 2 is 1.79 bits per heavy atom. The highest BCUT2D eigenvalue weighted by atomic mass is 16.6. The van der Waals surface area contributed by atoms with Gasteiger partial charge in [0.25, 0.3) is 0 Å². The van der Waals surface area contributed by atoms with Crippen molar-refractivity contribution in [2.45, 2.75) is 13.8 Å². The summed E-state index contributed by atoms with van der Waals surface area (Å²) in [5, 5.41) is 0. The molecule has 0 bridgehead atoms. The lowest BCUT2D eigenvalue weighted by Crippen LogP contribution is -2.06. The molecule has 6 heteroatoms. The molecule has 0 saturated heterocycles. The summed E-state index contributed by atoms with van der Waals surface area (Å²) >= 11 is 0. The highest BCUT2D eigenvalue weighted by molar-refractivity contribution is 6.12. The van der Waals surface area contributed by atoms with Gasteiger partial charge < -0.3 is 18.9 Å². The standard InChI is InChI=1S/C22H23NO5/c1-14(2)13-27-20-12-15(5-10-19(20)26-4)11-18-22(24)28-21(23-18)16-6-8-17(25-3)9-7-16/h5-12,14H,13H2,1-4H3/b18-11-. The maximum atomic E-state index is 12.2. The minimum atomic E-state index is -0.494. The number of esters is 1. The molecule has 0 saturated carbocycles. The zero-order valence-electron chi connectivity index (χ0n) is 16.4. The predicted octanol–water partition coefficient (Wildman–Crippen LogP) is 4.08. The van der Waals surface area contributed by atoms with Gasteiger partial charge in [0.05, 0.1) is 20.8 Å². The van der Waals surface area contributed by atoms with Gasteiger partial charge in [0.15, 0.2) is 17.2 Å². The average molecular weight is 381 g/mol. The van der Waals surface area contributed by atoms with Crippen molar-refractivity contribution >= 4 is 17.9 Å². The lowest BCUT2D eigenvalue weighted by molar-refractivity contribution is -0.129. The Morgan fingerprint density at radius 1 is 1.04 bits per heavy atom. The highest BCUT2D eigenvalue weighted by Gasteiger charge is 2.24. The number of carbonyl (C=O) groups is 1. The summed E-state index contributed by atoms with van der Waals surface area (Å²) in [4.78, 5) is 16.6. The molecule has 0 unspecified atom stereocenters. The molecule has 0 aliphatic carbocycles. The van der Waals surface area contributed by atoms with Gasteiger partial charge in [0, 0.05) is 5.56 Å². The minimum Gasteiger partial charge on any atom is -0.497 e. The van der Waals surface area contributed by atoms with Gasteiger partial charge in [0.1, 0.15) is 5.75 Å². The molecule has 6 nitrogen and oxygen atoms in total. The number of rotatable bonds is 7. The summed E-state index contributed by atoms with van der Waals surface area (Å²) in [5.74, 6) is 2.13. The lowest BCUT2D eigenvalue weighted by atomic mass is 10.1. The van der Waals surface area contributed by atoms with Crippen LogP contribution in [-0.4, -0.2) is 32.7 Å². The van der Waals surface area contributed by atoms with E-state index in [1.165, 1.54) is 0 Å². The van der Waals surface area contributed by atoms with Gasteiger partial charge in [-0.05, 0) is 54.0 Å². The second-order valence-electron chi connectivity index (χ2n) is 6.68. The van der Waals surface area contributed by atoms with E-state index in [2.05, 4.69) is 18.8 Å². The van der Waals surface area contributed by atoms with Crippen LogP contribution in [-0.2, 0) is 9.53 Å². The van der Waals surface area contributed by atoms with Crippen LogP contribution in [0.15, 0.2) is 53.2 Å². The van der Waals surface area contributed by atoms with Crippen LogP contribution in [0.5, 0.6) is 17.2 Å². The van der Waals surface area contributed by atoms with E-state index in [4.69, 9.17) is 18.9 Å². The summed E-state index contributed by atoms with van der Waals surface area (Å²) in [7, 11) is 3.19. The molecule has 1 aliphatic heterocycles. The van der Waals surface area contributed by atoms with E-state index in [1.807, 2.05) is 12.1 Å². The third-order valence-electron chi connectivity index (χ3n) is 4.02. The van der Waals surface area contributed by atoms with E-state index in [1.54, 1.807) is 50.6 Å². The number of hydrogen-bond donors (Lipinski definition) is 0. The van der Waals surface area contributed by atoms with E-state index < -0.39 is 5.97 Å². The Hall–Kier alpha value is -3.28. The first-order valence-corrected chi connectivity index (χ1v) is 8.98. The maximum Gasteiger partial charge on any atom is 0.363 e. The summed E-state index contributed by atoms with van der Waals surface area (Å²) in [6.07, 6.45) is 1.67. The molecule has 0 spiro atoms. The van der Waals surface area contributed by atoms with Crippen LogP contribution in [0.3, 0.4) is 0 Å². The first-order chi connectivity index (χ1) is 13.5. The zero-order chi connectivity index (χ0) is 20.1. The number of methoxy groups -OCH3 is 2. The van der Waals surface area contributed by atoms with Crippen LogP contribution in [0.25, 0.3) is 6.08 Å². The number of aliphatic imine (C=N–C) groups is 1. The van der Waals surface area contributed by atoms with Gasteiger partial charge in [-0.25, -0.2) is 9.79 Å². The predicted molar refractivity (Wildman–Crippen MR) is 107 cm³/mol. The smallest absolute Gasteiger partial charge is 0.363 e. The molecular weight excluding hydrogens is 358 g/mol. The fraction of sp³-hybridized carbons (Fsp3) is 0.273. The monoisotopic (exact) mass is 381 g/mol. The molecular formula is C22H23NO5.